The largest absolute Gasteiger partial charge is 0.478 e. The van der Waals surface area contributed by atoms with Gasteiger partial charge in [-0.15, -0.1) is 0 Å². The van der Waals surface area contributed by atoms with Crippen molar-refractivity contribution in [2.75, 3.05) is 0 Å². The van der Waals surface area contributed by atoms with Crippen molar-refractivity contribution >= 4 is 39.3 Å². The van der Waals surface area contributed by atoms with Crippen molar-refractivity contribution in [2.45, 2.75) is 9.79 Å². The van der Waals surface area contributed by atoms with Gasteiger partial charge >= 0.3 is 5.97 Å². The number of carboxylic acid groups (broad SMARTS) is 1. The zero-order valence-corrected chi connectivity index (χ0v) is 12.3. The molecule has 0 atom stereocenters. The Hall–Kier alpha value is -1.86. The highest BCUT2D eigenvalue weighted by molar-refractivity contribution is 9.10. The second-order valence-corrected chi connectivity index (χ2v) is 5.83. The average molecular weight is 354 g/mol. The third-order valence-corrected chi connectivity index (χ3v) is 3.99. The van der Waals surface area contributed by atoms with E-state index in [4.69, 9.17) is 5.11 Å². The summed E-state index contributed by atoms with van der Waals surface area (Å²) in [7, 11) is 0. The molecule has 0 unspecified atom stereocenters. The average Bonchev–Trinajstić information content (AvgIpc) is 2.38. The van der Waals surface area contributed by atoms with Crippen LogP contribution in [0.25, 0.3) is 0 Å². The van der Waals surface area contributed by atoms with Crippen LogP contribution in [-0.2, 0) is 0 Å². The van der Waals surface area contributed by atoms with Crippen molar-refractivity contribution in [1.82, 2.24) is 0 Å². The van der Waals surface area contributed by atoms with Crippen molar-refractivity contribution in [2.24, 2.45) is 0 Å². The maximum Gasteiger partial charge on any atom is 0.337 e. The summed E-state index contributed by atoms with van der Waals surface area (Å²) in [6.45, 7) is 0. The second-order valence-electron chi connectivity index (χ2n) is 3.80. The summed E-state index contributed by atoms with van der Waals surface area (Å²) in [5, 5.41) is 19.8. The highest BCUT2D eigenvalue weighted by atomic mass is 79.9. The van der Waals surface area contributed by atoms with E-state index in [2.05, 4.69) is 15.9 Å². The SMILES string of the molecule is O=C(O)c1cc([N+](=O)[O-])ccc1Sc1cccc(Br)c1. The van der Waals surface area contributed by atoms with Gasteiger partial charge in [-0.25, -0.2) is 4.79 Å². The third-order valence-electron chi connectivity index (χ3n) is 2.43. The Bertz CT molecular complexity index is 690. The zero-order valence-electron chi connectivity index (χ0n) is 9.95. The van der Waals surface area contributed by atoms with Crippen molar-refractivity contribution in [3.63, 3.8) is 0 Å². The maximum atomic E-state index is 11.2. The molecule has 1 N–H and O–H groups in total. The Labute approximate surface area is 126 Å². The number of hydrogen-bond donors (Lipinski definition) is 1. The first-order valence-electron chi connectivity index (χ1n) is 5.42. The minimum atomic E-state index is -1.19. The van der Waals surface area contributed by atoms with E-state index in [1.54, 1.807) is 0 Å². The van der Waals surface area contributed by atoms with Crippen molar-refractivity contribution < 1.29 is 14.8 Å². The first-order valence-corrected chi connectivity index (χ1v) is 7.03. The highest BCUT2D eigenvalue weighted by Gasteiger charge is 2.16. The molecular formula is C13H8BrNO4S. The van der Waals surface area contributed by atoms with E-state index in [0.29, 0.717) is 4.90 Å². The molecule has 0 fully saturated rings. The monoisotopic (exact) mass is 353 g/mol. The molecule has 0 bridgehead atoms. The fourth-order valence-corrected chi connectivity index (χ4v) is 3.07. The number of carbonyl (C=O) groups is 1. The Kier molecular flexibility index (Phi) is 4.41. The quantitative estimate of drug-likeness (QED) is 0.657. The third kappa shape index (κ3) is 3.37. The van der Waals surface area contributed by atoms with Crippen molar-refractivity contribution in [3.8, 4) is 0 Å². The van der Waals surface area contributed by atoms with Crippen LogP contribution in [0.15, 0.2) is 56.7 Å². The Morgan fingerprint density at radius 3 is 2.60 bits per heavy atom. The number of aromatic carboxylic acids is 1. The first-order chi connectivity index (χ1) is 9.47. The van der Waals surface area contributed by atoms with E-state index in [0.717, 1.165) is 15.4 Å². The van der Waals surface area contributed by atoms with Gasteiger partial charge in [-0.1, -0.05) is 33.8 Å². The lowest BCUT2D eigenvalue weighted by molar-refractivity contribution is -0.384. The van der Waals surface area contributed by atoms with Gasteiger partial charge in [-0.05, 0) is 24.3 Å². The van der Waals surface area contributed by atoms with Gasteiger partial charge in [0.05, 0.1) is 10.5 Å². The van der Waals surface area contributed by atoms with E-state index < -0.39 is 10.9 Å². The fraction of sp³-hybridized carbons (Fsp3) is 0. The number of hydrogen-bond acceptors (Lipinski definition) is 4. The molecule has 0 aromatic heterocycles. The van der Waals surface area contributed by atoms with Gasteiger partial charge in [0.15, 0.2) is 0 Å². The lowest BCUT2D eigenvalue weighted by Gasteiger charge is -2.06. The number of nitro groups is 1. The van der Waals surface area contributed by atoms with E-state index in [1.807, 2.05) is 24.3 Å². The molecule has 0 aliphatic heterocycles. The van der Waals surface area contributed by atoms with Crippen LogP contribution in [0.3, 0.4) is 0 Å². The number of nitrogens with zero attached hydrogens (tertiary/aromatic N) is 1. The molecule has 7 heteroatoms. The van der Waals surface area contributed by atoms with E-state index in [-0.39, 0.29) is 11.3 Å². The summed E-state index contributed by atoms with van der Waals surface area (Å²) in [5.41, 5.74) is -0.315. The van der Waals surface area contributed by atoms with E-state index in [9.17, 15) is 14.9 Å². The topological polar surface area (TPSA) is 80.4 Å². The Balaban J connectivity index is 2.41. The number of benzene rings is 2. The maximum absolute atomic E-state index is 11.2. The minimum absolute atomic E-state index is 0.0795. The number of nitro benzene ring substituents is 1. The molecule has 5 nitrogen and oxygen atoms in total. The Morgan fingerprint density at radius 1 is 1.25 bits per heavy atom. The summed E-state index contributed by atoms with van der Waals surface area (Å²) < 4.78 is 0.876. The predicted octanol–water partition coefficient (Wildman–Crippen LogP) is 4.21. The van der Waals surface area contributed by atoms with Gasteiger partial charge in [-0.2, -0.15) is 0 Å². The van der Waals surface area contributed by atoms with Gasteiger partial charge in [0.1, 0.15) is 0 Å². The molecule has 0 heterocycles. The molecule has 2 aromatic carbocycles. The first kappa shape index (κ1) is 14.5. The van der Waals surface area contributed by atoms with Gasteiger partial charge in [-0.3, -0.25) is 10.1 Å². The predicted molar refractivity (Wildman–Crippen MR) is 78.3 cm³/mol. The molecule has 0 amide bonds. The summed E-state index contributed by atoms with van der Waals surface area (Å²) in [5.74, 6) is -1.19. The standard InChI is InChI=1S/C13H8BrNO4S/c14-8-2-1-3-10(6-8)20-12-5-4-9(15(18)19)7-11(12)13(16)17/h1-7H,(H,16,17). The lowest BCUT2D eigenvalue weighted by Crippen LogP contribution is -2.00. The van der Waals surface area contributed by atoms with Crippen LogP contribution in [0.5, 0.6) is 0 Å². The van der Waals surface area contributed by atoms with Crippen LogP contribution in [0.2, 0.25) is 0 Å². The molecule has 0 aliphatic rings. The molecule has 0 spiro atoms. The van der Waals surface area contributed by atoms with Crippen LogP contribution < -0.4 is 0 Å². The van der Waals surface area contributed by atoms with Crippen molar-refractivity contribution in [1.29, 1.82) is 0 Å². The smallest absolute Gasteiger partial charge is 0.337 e. The number of non-ortho nitro benzene ring substituents is 1. The molecule has 0 saturated heterocycles. The van der Waals surface area contributed by atoms with Crippen LogP contribution in [0.1, 0.15) is 10.4 Å². The molecule has 2 rings (SSSR count). The van der Waals surface area contributed by atoms with E-state index >= 15 is 0 Å². The summed E-state index contributed by atoms with van der Waals surface area (Å²) >= 11 is 4.58. The van der Waals surface area contributed by atoms with Crippen LogP contribution in [-0.4, -0.2) is 16.0 Å². The molecule has 0 aliphatic carbocycles. The van der Waals surface area contributed by atoms with Crippen molar-refractivity contribution in [3.05, 3.63) is 62.6 Å². The molecular weight excluding hydrogens is 346 g/mol. The summed E-state index contributed by atoms with van der Waals surface area (Å²) in [6, 6.07) is 11.2. The second kappa shape index (κ2) is 6.06. The summed E-state index contributed by atoms with van der Waals surface area (Å²) in [4.78, 5) is 22.6. The lowest BCUT2D eigenvalue weighted by atomic mass is 10.2. The van der Waals surface area contributed by atoms with E-state index in [1.165, 1.54) is 23.9 Å². The van der Waals surface area contributed by atoms with Gasteiger partial charge < -0.3 is 5.11 Å². The fourth-order valence-electron chi connectivity index (χ4n) is 1.55. The minimum Gasteiger partial charge on any atom is -0.478 e. The van der Waals surface area contributed by atoms with Crippen LogP contribution in [0.4, 0.5) is 5.69 Å². The number of halogens is 1. The van der Waals surface area contributed by atoms with Crippen LogP contribution >= 0.6 is 27.7 Å². The molecule has 2 aromatic rings. The zero-order chi connectivity index (χ0) is 14.7. The molecule has 0 radical (unpaired) electrons. The van der Waals surface area contributed by atoms with Crippen LogP contribution in [0, 0.1) is 10.1 Å². The number of rotatable bonds is 4. The summed E-state index contributed by atoms with van der Waals surface area (Å²) in [6.07, 6.45) is 0. The number of carboxylic acids is 1. The Morgan fingerprint density at radius 2 is 2.00 bits per heavy atom. The molecule has 0 saturated carbocycles. The molecule has 20 heavy (non-hydrogen) atoms. The highest BCUT2D eigenvalue weighted by Crippen LogP contribution is 2.33. The molecule has 102 valence electrons. The van der Waals surface area contributed by atoms with Gasteiger partial charge in [0.2, 0.25) is 0 Å². The van der Waals surface area contributed by atoms with Gasteiger partial charge in [0, 0.05) is 26.4 Å². The van der Waals surface area contributed by atoms with Gasteiger partial charge in [0.25, 0.3) is 5.69 Å². The normalized spacial score (nSPS) is 10.2.